The maximum atomic E-state index is 12.5. The maximum absolute atomic E-state index is 12.5. The summed E-state index contributed by atoms with van der Waals surface area (Å²) in [5.41, 5.74) is 0.738. The summed E-state index contributed by atoms with van der Waals surface area (Å²) in [5.74, 6) is 0. The fourth-order valence-corrected chi connectivity index (χ4v) is 1.97. The van der Waals surface area contributed by atoms with Crippen LogP contribution in [-0.2, 0) is 11.9 Å². The van der Waals surface area contributed by atoms with Gasteiger partial charge in [-0.1, -0.05) is 15.9 Å². The molecule has 14 heavy (non-hydrogen) atoms. The molecule has 1 aromatic heterocycles. The highest BCUT2D eigenvalue weighted by molar-refractivity contribution is 14.1. The summed E-state index contributed by atoms with van der Waals surface area (Å²) >= 11 is 4.91. The first-order valence-corrected chi connectivity index (χ1v) is 5.93. The van der Waals surface area contributed by atoms with Gasteiger partial charge >= 0.3 is 0 Å². The quantitative estimate of drug-likeness (QED) is 0.648. The Morgan fingerprint density at radius 3 is 2.64 bits per heavy atom. The van der Waals surface area contributed by atoms with E-state index in [9.17, 15) is 8.78 Å². The normalized spacial score (nSPS) is 11.0. The summed E-state index contributed by atoms with van der Waals surface area (Å²) in [7, 11) is 0. The first-order valence-electron chi connectivity index (χ1n) is 3.73. The number of rotatable bonds is 3. The zero-order valence-electron chi connectivity index (χ0n) is 6.98. The van der Waals surface area contributed by atoms with Crippen molar-refractivity contribution in [3.8, 4) is 0 Å². The number of halogens is 4. The van der Waals surface area contributed by atoms with Crippen LogP contribution in [0.25, 0.3) is 0 Å². The number of hydrogen-bond donors (Lipinski definition) is 1. The average molecular weight is 378 g/mol. The molecule has 0 saturated heterocycles. The number of nitrogens with zero attached hydrogens (tertiary/aromatic N) is 1. The number of pyridine rings is 1. The van der Waals surface area contributed by atoms with Crippen molar-refractivity contribution in [2.75, 3.05) is 0 Å². The Balaban J connectivity index is 3.27. The second-order valence-electron chi connectivity index (χ2n) is 2.56. The van der Waals surface area contributed by atoms with Crippen molar-refractivity contribution in [3.05, 3.63) is 26.6 Å². The summed E-state index contributed by atoms with van der Waals surface area (Å²) < 4.78 is 25.4. The third-order valence-corrected chi connectivity index (χ3v) is 3.45. The van der Waals surface area contributed by atoms with E-state index in [1.165, 1.54) is 6.07 Å². The van der Waals surface area contributed by atoms with Crippen molar-refractivity contribution in [3.63, 3.8) is 0 Å². The Labute approximate surface area is 102 Å². The summed E-state index contributed by atoms with van der Waals surface area (Å²) in [6.45, 7) is -0.321. The first kappa shape index (κ1) is 12.3. The highest BCUT2D eigenvalue weighted by Crippen LogP contribution is 2.27. The molecule has 0 fully saturated rings. The summed E-state index contributed by atoms with van der Waals surface area (Å²) in [5, 5.41) is 9.32. The van der Waals surface area contributed by atoms with Gasteiger partial charge in [-0.25, -0.2) is 8.78 Å². The van der Waals surface area contributed by atoms with Gasteiger partial charge < -0.3 is 5.11 Å². The molecular weight excluding hydrogens is 371 g/mol. The minimum Gasteiger partial charge on any atom is -0.390 e. The third kappa shape index (κ3) is 2.60. The lowest BCUT2D eigenvalue weighted by molar-refractivity contribution is 0.149. The largest absolute Gasteiger partial charge is 0.390 e. The van der Waals surface area contributed by atoms with Gasteiger partial charge in [-0.2, -0.15) is 0 Å². The highest BCUT2D eigenvalue weighted by Gasteiger charge is 2.16. The van der Waals surface area contributed by atoms with Crippen LogP contribution >= 0.6 is 38.5 Å². The second-order valence-corrected chi connectivity index (χ2v) is 4.20. The van der Waals surface area contributed by atoms with E-state index in [-0.39, 0.29) is 12.2 Å². The molecule has 1 aromatic rings. The monoisotopic (exact) mass is 377 g/mol. The van der Waals surface area contributed by atoms with Crippen LogP contribution in [0, 0.1) is 3.57 Å². The van der Waals surface area contributed by atoms with E-state index in [1.807, 2.05) is 0 Å². The smallest absolute Gasteiger partial charge is 0.265 e. The lowest BCUT2D eigenvalue weighted by Crippen LogP contribution is -2.03. The molecule has 1 heterocycles. The third-order valence-electron chi connectivity index (χ3n) is 1.63. The van der Waals surface area contributed by atoms with Crippen LogP contribution in [0.4, 0.5) is 8.78 Å². The predicted molar refractivity (Wildman–Crippen MR) is 60.5 cm³/mol. The minimum absolute atomic E-state index is 0.0703. The predicted octanol–water partition coefficient (Wildman–Crippen LogP) is 3.01. The Morgan fingerprint density at radius 1 is 1.57 bits per heavy atom. The van der Waals surface area contributed by atoms with E-state index in [0.717, 1.165) is 0 Å². The molecule has 0 unspecified atom stereocenters. The van der Waals surface area contributed by atoms with Gasteiger partial charge in [-0.05, 0) is 28.7 Å². The van der Waals surface area contributed by atoms with Gasteiger partial charge in [0.15, 0.2) is 0 Å². The standard InChI is InChI=1S/C8H7BrF2INO/c9-2-4-1-5(8(10)11)7(12)6(3-14)13-4/h1,8,14H,2-3H2. The van der Waals surface area contributed by atoms with Gasteiger partial charge in [0.2, 0.25) is 0 Å². The van der Waals surface area contributed by atoms with Crippen LogP contribution in [0.15, 0.2) is 6.07 Å². The van der Waals surface area contributed by atoms with E-state index in [4.69, 9.17) is 5.11 Å². The van der Waals surface area contributed by atoms with E-state index in [1.54, 1.807) is 22.6 Å². The van der Waals surface area contributed by atoms with Crippen molar-refractivity contribution in [2.45, 2.75) is 18.4 Å². The lowest BCUT2D eigenvalue weighted by atomic mass is 10.2. The maximum Gasteiger partial charge on any atom is 0.265 e. The SMILES string of the molecule is OCc1nc(CBr)cc(C(F)F)c1I. The fraction of sp³-hybridized carbons (Fsp3) is 0.375. The fourth-order valence-electron chi connectivity index (χ4n) is 0.996. The van der Waals surface area contributed by atoms with E-state index >= 15 is 0 Å². The van der Waals surface area contributed by atoms with Gasteiger partial charge in [-0.15, -0.1) is 0 Å². The molecule has 0 aliphatic heterocycles. The Morgan fingerprint density at radius 2 is 2.21 bits per heavy atom. The van der Waals surface area contributed by atoms with Gasteiger partial charge in [0, 0.05) is 14.5 Å². The van der Waals surface area contributed by atoms with Crippen LogP contribution < -0.4 is 0 Å². The zero-order valence-corrected chi connectivity index (χ0v) is 10.7. The summed E-state index contributed by atoms with van der Waals surface area (Å²) in [6.07, 6.45) is -2.53. The topological polar surface area (TPSA) is 33.1 Å². The molecule has 0 radical (unpaired) electrons. The molecule has 0 spiro atoms. The molecule has 2 nitrogen and oxygen atoms in total. The molecule has 0 atom stereocenters. The highest BCUT2D eigenvalue weighted by atomic mass is 127. The molecule has 0 aliphatic rings. The van der Waals surface area contributed by atoms with Crippen LogP contribution in [0.2, 0.25) is 0 Å². The van der Waals surface area contributed by atoms with Gasteiger partial charge in [0.25, 0.3) is 6.43 Å². The van der Waals surface area contributed by atoms with Crippen LogP contribution in [0.3, 0.4) is 0 Å². The Kier molecular flexibility index (Phi) is 4.65. The number of hydrogen-bond acceptors (Lipinski definition) is 2. The van der Waals surface area contributed by atoms with Crippen molar-refractivity contribution in [2.24, 2.45) is 0 Å². The average Bonchev–Trinajstić information content (AvgIpc) is 2.17. The molecular formula is C8H7BrF2INO. The molecule has 0 amide bonds. The van der Waals surface area contributed by atoms with Crippen LogP contribution in [-0.4, -0.2) is 10.1 Å². The first-order chi connectivity index (χ1) is 6.60. The van der Waals surface area contributed by atoms with Crippen molar-refractivity contribution in [1.29, 1.82) is 0 Å². The molecule has 1 N–H and O–H groups in total. The van der Waals surface area contributed by atoms with Crippen molar-refractivity contribution >= 4 is 38.5 Å². The summed E-state index contributed by atoms with van der Waals surface area (Å²) in [4.78, 5) is 4.01. The number of aliphatic hydroxyl groups excluding tert-OH is 1. The number of aliphatic hydroxyl groups is 1. The summed E-state index contributed by atoms with van der Waals surface area (Å²) in [6, 6.07) is 1.35. The molecule has 0 aliphatic carbocycles. The van der Waals surface area contributed by atoms with E-state index < -0.39 is 6.43 Å². The van der Waals surface area contributed by atoms with Crippen LogP contribution in [0.5, 0.6) is 0 Å². The molecule has 0 aromatic carbocycles. The molecule has 1 rings (SSSR count). The van der Waals surface area contributed by atoms with Gasteiger partial charge in [0.05, 0.1) is 18.0 Å². The molecule has 6 heteroatoms. The Bertz CT molecular complexity index is 335. The molecule has 78 valence electrons. The van der Waals surface area contributed by atoms with E-state index in [2.05, 4.69) is 20.9 Å². The van der Waals surface area contributed by atoms with Gasteiger partial charge in [0.1, 0.15) is 0 Å². The Hall–Kier alpha value is 0.180. The van der Waals surface area contributed by atoms with Crippen molar-refractivity contribution in [1.82, 2.24) is 4.98 Å². The lowest BCUT2D eigenvalue weighted by Gasteiger charge is -2.09. The van der Waals surface area contributed by atoms with Gasteiger partial charge in [-0.3, -0.25) is 4.98 Å². The molecule has 0 saturated carbocycles. The van der Waals surface area contributed by atoms with Crippen LogP contribution in [0.1, 0.15) is 23.4 Å². The zero-order chi connectivity index (χ0) is 10.7. The molecule has 0 bridgehead atoms. The number of alkyl halides is 3. The second kappa shape index (κ2) is 5.32. The number of aromatic nitrogens is 1. The van der Waals surface area contributed by atoms with E-state index in [0.29, 0.717) is 20.3 Å². The minimum atomic E-state index is -2.53. The van der Waals surface area contributed by atoms with Crippen molar-refractivity contribution < 1.29 is 13.9 Å².